The minimum Gasteiger partial charge on any atom is -0.351 e. The SMILES string of the molecule is O=C(CCNC(=O)c1ccsc1)NNC(=O)c1cccc(S(=O)(=O)NCc2ccccc2)c1. The second kappa shape index (κ2) is 11.4. The van der Waals surface area contributed by atoms with Gasteiger partial charge in [0, 0.05) is 36.0 Å². The molecule has 0 bridgehead atoms. The van der Waals surface area contributed by atoms with Crippen LogP contribution in [-0.2, 0) is 21.4 Å². The second-order valence-electron chi connectivity index (χ2n) is 6.86. The highest BCUT2D eigenvalue weighted by atomic mass is 32.2. The lowest BCUT2D eigenvalue weighted by Crippen LogP contribution is -2.42. The van der Waals surface area contributed by atoms with Gasteiger partial charge in [-0.1, -0.05) is 36.4 Å². The summed E-state index contributed by atoms with van der Waals surface area (Å²) in [6.45, 7) is 0.204. The molecule has 3 aromatic rings. The molecule has 0 atom stereocenters. The number of hydrazine groups is 1. The van der Waals surface area contributed by atoms with Gasteiger partial charge in [0.1, 0.15) is 0 Å². The van der Waals surface area contributed by atoms with Crippen LogP contribution in [0.3, 0.4) is 0 Å². The first-order chi connectivity index (χ1) is 15.8. The van der Waals surface area contributed by atoms with Crippen molar-refractivity contribution in [2.75, 3.05) is 6.54 Å². The molecule has 0 aliphatic rings. The lowest BCUT2D eigenvalue weighted by molar-refractivity contribution is -0.121. The fraction of sp³-hybridized carbons (Fsp3) is 0.136. The van der Waals surface area contributed by atoms with Crippen LogP contribution in [0.4, 0.5) is 0 Å². The molecule has 3 rings (SSSR count). The lowest BCUT2D eigenvalue weighted by Gasteiger charge is -2.10. The fourth-order valence-electron chi connectivity index (χ4n) is 2.71. The Balaban J connectivity index is 1.48. The van der Waals surface area contributed by atoms with E-state index in [1.807, 2.05) is 6.07 Å². The molecule has 0 unspecified atom stereocenters. The van der Waals surface area contributed by atoms with Crippen LogP contribution in [0.5, 0.6) is 0 Å². The number of nitrogens with one attached hydrogen (secondary N) is 4. The Kier molecular flexibility index (Phi) is 8.30. The van der Waals surface area contributed by atoms with Crippen LogP contribution < -0.4 is 20.9 Å². The number of thiophene rings is 1. The van der Waals surface area contributed by atoms with Crippen LogP contribution in [0, 0.1) is 0 Å². The quantitative estimate of drug-likeness (QED) is 0.342. The standard InChI is InChI=1S/C22H22N4O5S2/c27-20(9-11-23-21(28)18-10-12-32-15-18)25-26-22(29)17-7-4-8-19(13-17)33(30,31)24-14-16-5-2-1-3-6-16/h1-8,10,12-13,15,24H,9,11,14H2,(H,23,28)(H,25,27)(H,26,29). The minimum atomic E-state index is -3.84. The van der Waals surface area contributed by atoms with Crippen LogP contribution in [-0.4, -0.2) is 32.7 Å². The van der Waals surface area contributed by atoms with E-state index >= 15 is 0 Å². The maximum absolute atomic E-state index is 12.6. The molecule has 2 aromatic carbocycles. The Morgan fingerprint density at radius 1 is 0.848 bits per heavy atom. The van der Waals surface area contributed by atoms with Crippen molar-refractivity contribution in [3.8, 4) is 0 Å². The summed E-state index contributed by atoms with van der Waals surface area (Å²) in [5.74, 6) is -1.47. The summed E-state index contributed by atoms with van der Waals surface area (Å²) >= 11 is 1.39. The molecule has 1 aromatic heterocycles. The molecule has 0 aliphatic carbocycles. The molecule has 11 heteroatoms. The van der Waals surface area contributed by atoms with Crippen molar-refractivity contribution in [2.45, 2.75) is 17.9 Å². The summed E-state index contributed by atoms with van der Waals surface area (Å²) in [4.78, 5) is 36.0. The molecule has 33 heavy (non-hydrogen) atoms. The molecule has 0 saturated heterocycles. The average molecular weight is 487 g/mol. The van der Waals surface area contributed by atoms with Crippen molar-refractivity contribution >= 4 is 39.1 Å². The highest BCUT2D eigenvalue weighted by Gasteiger charge is 2.16. The van der Waals surface area contributed by atoms with E-state index in [-0.39, 0.29) is 35.9 Å². The van der Waals surface area contributed by atoms with Gasteiger partial charge in [-0.05, 0) is 35.2 Å². The number of carbonyl (C=O) groups is 3. The Bertz CT molecular complexity index is 1210. The van der Waals surface area contributed by atoms with Gasteiger partial charge in [-0.3, -0.25) is 25.2 Å². The maximum Gasteiger partial charge on any atom is 0.269 e. The van der Waals surface area contributed by atoms with Crippen LogP contribution >= 0.6 is 11.3 Å². The Morgan fingerprint density at radius 3 is 2.36 bits per heavy atom. The van der Waals surface area contributed by atoms with Crippen molar-refractivity contribution < 1.29 is 22.8 Å². The minimum absolute atomic E-state index is 0.0476. The van der Waals surface area contributed by atoms with E-state index in [1.54, 1.807) is 41.1 Å². The van der Waals surface area contributed by atoms with Crippen LogP contribution in [0.2, 0.25) is 0 Å². The topological polar surface area (TPSA) is 133 Å². The van der Waals surface area contributed by atoms with Gasteiger partial charge in [0.15, 0.2) is 0 Å². The van der Waals surface area contributed by atoms with Gasteiger partial charge in [-0.15, -0.1) is 0 Å². The molecule has 0 saturated carbocycles. The fourth-order valence-corrected chi connectivity index (χ4v) is 4.41. The third-order valence-corrected chi connectivity index (χ3v) is 6.53. The summed E-state index contributed by atoms with van der Waals surface area (Å²) in [6.07, 6.45) is -0.0476. The van der Waals surface area contributed by atoms with E-state index in [9.17, 15) is 22.8 Å². The first kappa shape index (κ1) is 24.1. The van der Waals surface area contributed by atoms with Gasteiger partial charge in [-0.2, -0.15) is 11.3 Å². The molecule has 172 valence electrons. The van der Waals surface area contributed by atoms with Gasteiger partial charge in [-0.25, -0.2) is 13.1 Å². The lowest BCUT2D eigenvalue weighted by atomic mass is 10.2. The average Bonchev–Trinajstić information content (AvgIpc) is 3.37. The first-order valence-electron chi connectivity index (χ1n) is 9.88. The molecular formula is C22H22N4O5S2. The Labute approximate surface area is 195 Å². The van der Waals surface area contributed by atoms with Gasteiger partial charge in [0.25, 0.3) is 11.8 Å². The Hall–Kier alpha value is -3.54. The van der Waals surface area contributed by atoms with E-state index in [0.29, 0.717) is 5.56 Å². The predicted molar refractivity (Wildman–Crippen MR) is 124 cm³/mol. The zero-order valence-corrected chi connectivity index (χ0v) is 19.0. The predicted octanol–water partition coefficient (Wildman–Crippen LogP) is 1.81. The third-order valence-electron chi connectivity index (χ3n) is 4.45. The van der Waals surface area contributed by atoms with Crippen LogP contribution in [0.15, 0.2) is 76.3 Å². The van der Waals surface area contributed by atoms with Gasteiger partial charge < -0.3 is 5.32 Å². The summed E-state index contributed by atoms with van der Waals surface area (Å²) in [5.41, 5.74) is 5.85. The van der Waals surface area contributed by atoms with E-state index in [0.717, 1.165) is 5.56 Å². The largest absolute Gasteiger partial charge is 0.351 e. The monoisotopic (exact) mass is 486 g/mol. The number of hydrogen-bond acceptors (Lipinski definition) is 6. The number of hydrogen-bond donors (Lipinski definition) is 4. The third kappa shape index (κ3) is 7.24. The molecule has 0 radical (unpaired) electrons. The second-order valence-corrected chi connectivity index (χ2v) is 9.41. The van der Waals surface area contributed by atoms with E-state index in [4.69, 9.17) is 0 Å². The van der Waals surface area contributed by atoms with Crippen LogP contribution in [0.1, 0.15) is 32.7 Å². The first-order valence-corrected chi connectivity index (χ1v) is 12.3. The number of rotatable bonds is 9. The van der Waals surface area contributed by atoms with Crippen molar-refractivity contribution in [1.29, 1.82) is 0 Å². The highest BCUT2D eigenvalue weighted by Crippen LogP contribution is 2.12. The van der Waals surface area contributed by atoms with Crippen molar-refractivity contribution in [3.63, 3.8) is 0 Å². The molecular weight excluding hydrogens is 464 g/mol. The van der Waals surface area contributed by atoms with E-state index < -0.39 is 21.8 Å². The number of sulfonamides is 1. The van der Waals surface area contributed by atoms with Crippen LogP contribution in [0.25, 0.3) is 0 Å². The summed E-state index contributed by atoms with van der Waals surface area (Å²) < 4.78 is 27.6. The summed E-state index contributed by atoms with van der Waals surface area (Å²) in [5, 5.41) is 6.07. The summed E-state index contributed by atoms with van der Waals surface area (Å²) in [6, 6.07) is 16.2. The van der Waals surface area contributed by atoms with Crippen molar-refractivity contribution in [1.82, 2.24) is 20.9 Å². The molecule has 9 nitrogen and oxygen atoms in total. The van der Waals surface area contributed by atoms with Crippen molar-refractivity contribution in [2.24, 2.45) is 0 Å². The van der Waals surface area contributed by atoms with Gasteiger partial charge in [0.05, 0.1) is 4.90 Å². The van der Waals surface area contributed by atoms with Gasteiger partial charge >= 0.3 is 0 Å². The maximum atomic E-state index is 12.6. The van der Waals surface area contributed by atoms with E-state index in [2.05, 4.69) is 20.9 Å². The number of carbonyl (C=O) groups excluding carboxylic acids is 3. The molecule has 1 heterocycles. The summed E-state index contributed by atoms with van der Waals surface area (Å²) in [7, 11) is -3.84. The highest BCUT2D eigenvalue weighted by molar-refractivity contribution is 7.89. The van der Waals surface area contributed by atoms with E-state index in [1.165, 1.54) is 35.6 Å². The molecule has 0 aliphatic heterocycles. The zero-order valence-electron chi connectivity index (χ0n) is 17.4. The van der Waals surface area contributed by atoms with Gasteiger partial charge in [0.2, 0.25) is 15.9 Å². The zero-order chi connectivity index (χ0) is 23.7. The number of benzene rings is 2. The molecule has 0 fully saturated rings. The normalized spacial score (nSPS) is 10.9. The number of amides is 3. The molecule has 0 spiro atoms. The Morgan fingerprint density at radius 2 is 1.64 bits per heavy atom. The van der Waals surface area contributed by atoms with Crippen molar-refractivity contribution in [3.05, 3.63) is 88.1 Å². The smallest absolute Gasteiger partial charge is 0.269 e. The molecule has 3 amide bonds. The molecule has 4 N–H and O–H groups in total.